The molecule has 1 saturated carbocycles. The van der Waals surface area contributed by atoms with Crippen LogP contribution < -0.4 is 10.9 Å². The number of halogens is 1. The maximum Gasteiger partial charge on any atom is 0.407 e. The summed E-state index contributed by atoms with van der Waals surface area (Å²) >= 11 is 0. The first-order valence-electron chi connectivity index (χ1n) is 16.9. The Kier molecular flexibility index (Phi) is 8.63. The van der Waals surface area contributed by atoms with Gasteiger partial charge in [-0.1, -0.05) is 38.5 Å². The molecule has 49 heavy (non-hydrogen) atoms. The number of nitrogens with one attached hydrogen (secondary N) is 1. The van der Waals surface area contributed by atoms with Gasteiger partial charge in [-0.25, -0.2) is 19.0 Å². The van der Waals surface area contributed by atoms with Gasteiger partial charge in [0.2, 0.25) is 5.12 Å². The van der Waals surface area contributed by atoms with E-state index in [1.807, 2.05) is 20.8 Å². The first-order chi connectivity index (χ1) is 23.2. The van der Waals surface area contributed by atoms with Gasteiger partial charge in [0.1, 0.15) is 18.5 Å². The summed E-state index contributed by atoms with van der Waals surface area (Å²) in [5.74, 6) is -1.19. The van der Waals surface area contributed by atoms with Crippen LogP contribution in [0.3, 0.4) is 0 Å². The number of carbonyl (C=O) groups excluding carboxylic acids is 3. The van der Waals surface area contributed by atoms with Crippen molar-refractivity contribution in [2.24, 2.45) is 5.41 Å². The lowest BCUT2D eigenvalue weighted by Crippen LogP contribution is -2.44. The topological polar surface area (TPSA) is 137 Å². The number of aryl methyl sites for hydroxylation is 1. The molecule has 13 heteroatoms. The van der Waals surface area contributed by atoms with Crippen molar-refractivity contribution in [1.29, 1.82) is 0 Å². The quantitative estimate of drug-likeness (QED) is 0.174. The first kappa shape index (κ1) is 34.0. The summed E-state index contributed by atoms with van der Waals surface area (Å²) in [6.07, 6.45) is 3.35. The summed E-state index contributed by atoms with van der Waals surface area (Å²) in [5, 5.41) is 15.6. The summed E-state index contributed by atoms with van der Waals surface area (Å²) in [6, 6.07) is 2.55. The molecule has 0 radical (unpaired) electrons. The van der Waals surface area contributed by atoms with Gasteiger partial charge in [0, 0.05) is 33.2 Å². The fourth-order valence-electron chi connectivity index (χ4n) is 7.51. The number of aromatic nitrogens is 2. The number of nitrogens with zero attached hydrogens (tertiary/aromatic N) is 2. The summed E-state index contributed by atoms with van der Waals surface area (Å²) in [6.45, 7) is 9.05. The lowest BCUT2D eigenvalue weighted by atomic mass is 9.81. The number of aliphatic hydroxyl groups is 1. The van der Waals surface area contributed by atoms with Crippen molar-refractivity contribution >= 4 is 49.7 Å². The van der Waals surface area contributed by atoms with Crippen molar-refractivity contribution in [3.63, 3.8) is 0 Å². The smallest absolute Gasteiger partial charge is 0.407 e. The van der Waals surface area contributed by atoms with E-state index in [1.54, 1.807) is 35.3 Å². The maximum atomic E-state index is 15.2. The standard InChI is InChI=1S/C36H40FN3O7S2/c1-6-36(45)23-13-27-30-21(15-40(27)31(41)22(23)16-46-32(36)42)29-25(12-11-20-17(2)24(37)14-26(38-30)28(20)29)39-34(44)47-18-7-9-19(10-8-18)48-49-33(43)35(3,4)5/h13-14,18-19,25,45H,6-12,15-16H2,1-5H3,(H,39,44)/t18?,19?,25-,36-/m0/s1. The molecule has 0 bridgehead atoms. The van der Waals surface area contributed by atoms with Crippen LogP contribution >= 0.6 is 21.6 Å². The average molecular weight is 710 g/mol. The molecule has 1 amide bonds. The van der Waals surface area contributed by atoms with E-state index in [9.17, 15) is 24.3 Å². The van der Waals surface area contributed by atoms with E-state index < -0.39 is 34.7 Å². The summed E-state index contributed by atoms with van der Waals surface area (Å²) < 4.78 is 27.9. The normalized spacial score (nSPS) is 24.1. The predicted octanol–water partition coefficient (Wildman–Crippen LogP) is 6.51. The maximum absolute atomic E-state index is 15.2. The van der Waals surface area contributed by atoms with Crippen molar-refractivity contribution in [3.05, 3.63) is 61.7 Å². The van der Waals surface area contributed by atoms with Gasteiger partial charge in [-0.15, -0.1) is 0 Å². The SMILES string of the molecule is CC[C@@]1(O)C(=O)OCc2c1cc1n(c2=O)Cc2c-1nc1cc(F)c(C)c3c1c2[C@@H](NC(=O)OC1CCC(SSC(=O)C(C)(C)C)CC1)CC3. The second-order valence-corrected chi connectivity index (χ2v) is 17.0. The second kappa shape index (κ2) is 12.4. The Balaban J connectivity index is 1.18. The molecule has 1 fully saturated rings. The second-order valence-electron chi connectivity index (χ2n) is 14.6. The van der Waals surface area contributed by atoms with Crippen LogP contribution in [0.1, 0.15) is 106 Å². The molecule has 0 saturated heterocycles. The zero-order valence-electron chi connectivity index (χ0n) is 28.2. The van der Waals surface area contributed by atoms with Crippen LogP contribution in [0.25, 0.3) is 22.3 Å². The van der Waals surface area contributed by atoms with Crippen LogP contribution in [0.15, 0.2) is 16.9 Å². The molecule has 7 rings (SSSR count). The number of carbonyl (C=O) groups is 3. The third-order valence-corrected chi connectivity index (χ3v) is 13.6. The third kappa shape index (κ3) is 5.75. The summed E-state index contributed by atoms with van der Waals surface area (Å²) in [5.41, 5.74) is 1.81. The Morgan fingerprint density at radius 3 is 2.57 bits per heavy atom. The van der Waals surface area contributed by atoms with Crippen molar-refractivity contribution in [1.82, 2.24) is 14.9 Å². The molecule has 1 aromatic carbocycles. The lowest BCUT2D eigenvalue weighted by Gasteiger charge is -2.31. The minimum absolute atomic E-state index is 0.0171. The van der Waals surface area contributed by atoms with E-state index in [0.717, 1.165) is 34.9 Å². The van der Waals surface area contributed by atoms with Crippen LogP contribution in [-0.4, -0.2) is 43.2 Å². The molecular weight excluding hydrogens is 670 g/mol. The molecule has 10 nitrogen and oxygen atoms in total. The molecule has 4 aliphatic rings. The van der Waals surface area contributed by atoms with E-state index in [0.29, 0.717) is 53.4 Å². The number of amides is 1. The number of cyclic esters (lactones) is 1. The Morgan fingerprint density at radius 2 is 1.88 bits per heavy atom. The van der Waals surface area contributed by atoms with Crippen molar-refractivity contribution in [2.45, 2.75) is 116 Å². The zero-order valence-corrected chi connectivity index (χ0v) is 29.9. The molecule has 2 N–H and O–H groups in total. The van der Waals surface area contributed by atoms with Crippen LogP contribution in [0.5, 0.6) is 0 Å². The van der Waals surface area contributed by atoms with Gasteiger partial charge in [-0.2, -0.15) is 0 Å². The highest BCUT2D eigenvalue weighted by molar-refractivity contribution is 8.82. The van der Waals surface area contributed by atoms with E-state index in [4.69, 9.17) is 14.5 Å². The van der Waals surface area contributed by atoms with Gasteiger partial charge >= 0.3 is 12.1 Å². The van der Waals surface area contributed by atoms with Gasteiger partial charge in [-0.3, -0.25) is 9.59 Å². The highest BCUT2D eigenvalue weighted by atomic mass is 33.1. The molecule has 2 aliphatic heterocycles. The van der Waals surface area contributed by atoms with Crippen LogP contribution in [0.4, 0.5) is 9.18 Å². The van der Waals surface area contributed by atoms with E-state index in [-0.39, 0.29) is 47.7 Å². The Labute approximate surface area is 291 Å². The fourth-order valence-corrected chi connectivity index (χ4v) is 10.4. The minimum Gasteiger partial charge on any atom is -0.458 e. The van der Waals surface area contributed by atoms with Crippen LogP contribution in [0.2, 0.25) is 0 Å². The number of alkyl carbamates (subject to hydrolysis) is 1. The van der Waals surface area contributed by atoms with Gasteiger partial charge < -0.3 is 24.5 Å². The minimum atomic E-state index is -1.97. The van der Waals surface area contributed by atoms with Gasteiger partial charge in [0.15, 0.2) is 5.60 Å². The average Bonchev–Trinajstić information content (AvgIpc) is 3.43. The number of benzene rings is 1. The fraction of sp³-hybridized carbons (Fsp3) is 0.528. The van der Waals surface area contributed by atoms with E-state index >= 15 is 4.39 Å². The van der Waals surface area contributed by atoms with Gasteiger partial charge in [0.05, 0.1) is 35.1 Å². The lowest BCUT2D eigenvalue weighted by molar-refractivity contribution is -0.172. The predicted molar refractivity (Wildman–Crippen MR) is 186 cm³/mol. The van der Waals surface area contributed by atoms with Crippen LogP contribution in [-0.2, 0) is 44.2 Å². The third-order valence-electron chi connectivity index (χ3n) is 10.4. The number of esters is 1. The monoisotopic (exact) mass is 709 g/mol. The molecular formula is C36H40FN3O7S2. The van der Waals surface area contributed by atoms with Gasteiger partial charge in [0.25, 0.3) is 5.56 Å². The number of rotatable bonds is 5. The van der Waals surface area contributed by atoms with E-state index in [1.165, 1.54) is 16.9 Å². The molecule has 260 valence electrons. The number of fused-ring (bicyclic) bond motifs is 5. The van der Waals surface area contributed by atoms with Crippen molar-refractivity contribution in [2.75, 3.05) is 0 Å². The molecule has 2 aromatic heterocycles. The zero-order chi connectivity index (χ0) is 35.0. The highest BCUT2D eigenvalue weighted by Gasteiger charge is 2.46. The van der Waals surface area contributed by atoms with Gasteiger partial charge in [-0.05, 0) is 85.4 Å². The highest BCUT2D eigenvalue weighted by Crippen LogP contribution is 2.46. The first-order valence-corrected chi connectivity index (χ1v) is 19.1. The number of hydrogen-bond acceptors (Lipinski definition) is 10. The van der Waals surface area contributed by atoms with E-state index in [2.05, 4.69) is 5.32 Å². The molecule has 0 unspecified atom stereocenters. The summed E-state index contributed by atoms with van der Waals surface area (Å²) in [4.78, 5) is 57.1. The largest absolute Gasteiger partial charge is 0.458 e. The summed E-state index contributed by atoms with van der Waals surface area (Å²) in [7, 11) is 2.92. The Hall–Kier alpha value is -3.42. The number of pyridine rings is 2. The van der Waals surface area contributed by atoms with Crippen LogP contribution in [0, 0.1) is 18.2 Å². The Bertz CT molecular complexity index is 1980. The van der Waals surface area contributed by atoms with Crippen molar-refractivity contribution < 1.29 is 33.4 Å². The molecule has 2 atom stereocenters. The molecule has 3 aromatic rings. The molecule has 0 spiro atoms. The molecule has 2 aliphatic carbocycles. The van der Waals surface area contributed by atoms with Crippen molar-refractivity contribution in [3.8, 4) is 11.4 Å². The number of hydrogen-bond donors (Lipinski definition) is 2. The Morgan fingerprint density at radius 1 is 1.14 bits per heavy atom. The number of ether oxygens (including phenoxy) is 2. The molecule has 4 heterocycles.